The summed E-state index contributed by atoms with van der Waals surface area (Å²) in [5.41, 5.74) is 2.96. The van der Waals surface area contributed by atoms with E-state index in [4.69, 9.17) is 11.6 Å². The molecule has 1 heterocycles. The van der Waals surface area contributed by atoms with Crippen molar-refractivity contribution in [2.75, 3.05) is 19.5 Å². The van der Waals surface area contributed by atoms with Crippen molar-refractivity contribution in [3.05, 3.63) is 52.4 Å². The highest BCUT2D eigenvalue weighted by molar-refractivity contribution is 6.31. The molecule has 0 aliphatic carbocycles. The zero-order valence-corrected chi connectivity index (χ0v) is 15.0. The van der Waals surface area contributed by atoms with Crippen LogP contribution in [0.4, 0.5) is 5.69 Å². The maximum Gasteiger partial charge on any atom is 0.354 e. The van der Waals surface area contributed by atoms with Gasteiger partial charge in [0.2, 0.25) is 0 Å². The van der Waals surface area contributed by atoms with Gasteiger partial charge in [-0.3, -0.25) is 0 Å². The summed E-state index contributed by atoms with van der Waals surface area (Å²) in [6.45, 7) is 3.71. The van der Waals surface area contributed by atoms with E-state index in [9.17, 15) is 9.59 Å². The minimum Gasteiger partial charge on any atom is -0.466 e. The molecule has 0 spiro atoms. The number of ether oxygens (including phenoxy) is 2. The van der Waals surface area contributed by atoms with Gasteiger partial charge in [-0.15, -0.1) is 0 Å². The number of halogens is 1. The third-order valence-corrected chi connectivity index (χ3v) is 4.01. The van der Waals surface area contributed by atoms with E-state index in [1.165, 1.54) is 14.2 Å². The van der Waals surface area contributed by atoms with Crippen LogP contribution in [0.3, 0.4) is 0 Å². The SMILES string of the molecule is COC(=O)/C=C(/Nc1ccc(-n2nc(C)c(Cl)c2C)cc1)C(=O)OC. The molecule has 0 saturated heterocycles. The van der Waals surface area contributed by atoms with Gasteiger partial charge in [0, 0.05) is 5.69 Å². The van der Waals surface area contributed by atoms with Gasteiger partial charge in [-0.25, -0.2) is 14.3 Å². The number of carbonyl (C=O) groups excluding carboxylic acids is 2. The summed E-state index contributed by atoms with van der Waals surface area (Å²) in [5.74, 6) is -1.35. The van der Waals surface area contributed by atoms with E-state index < -0.39 is 11.9 Å². The first-order chi connectivity index (χ1) is 11.9. The highest BCUT2D eigenvalue weighted by atomic mass is 35.5. The van der Waals surface area contributed by atoms with E-state index in [2.05, 4.69) is 19.9 Å². The fourth-order valence-corrected chi connectivity index (χ4v) is 2.27. The first-order valence-electron chi connectivity index (χ1n) is 7.34. The monoisotopic (exact) mass is 363 g/mol. The second-order valence-electron chi connectivity index (χ2n) is 5.14. The first kappa shape index (κ1) is 18.5. The fraction of sp³-hybridized carbons (Fsp3) is 0.235. The summed E-state index contributed by atoms with van der Waals surface area (Å²) in [6.07, 6.45) is 1.03. The molecule has 0 radical (unpaired) electrons. The van der Waals surface area contributed by atoms with Crippen LogP contribution in [0.5, 0.6) is 0 Å². The maximum atomic E-state index is 11.8. The Morgan fingerprint density at radius 1 is 1.16 bits per heavy atom. The topological polar surface area (TPSA) is 82.5 Å². The molecule has 0 aliphatic heterocycles. The molecule has 0 unspecified atom stereocenters. The smallest absolute Gasteiger partial charge is 0.354 e. The Labute approximate surface area is 150 Å². The number of aromatic nitrogens is 2. The lowest BCUT2D eigenvalue weighted by atomic mass is 10.2. The van der Waals surface area contributed by atoms with Gasteiger partial charge in [0.1, 0.15) is 5.70 Å². The van der Waals surface area contributed by atoms with E-state index in [0.29, 0.717) is 10.7 Å². The number of carbonyl (C=O) groups is 2. The predicted octanol–water partition coefficient (Wildman–Crippen LogP) is 2.78. The molecule has 1 aromatic heterocycles. The predicted molar refractivity (Wildman–Crippen MR) is 93.8 cm³/mol. The van der Waals surface area contributed by atoms with Crippen LogP contribution in [-0.4, -0.2) is 35.9 Å². The molecule has 2 rings (SSSR count). The summed E-state index contributed by atoms with van der Waals surface area (Å²) in [4.78, 5) is 23.1. The van der Waals surface area contributed by atoms with Crippen molar-refractivity contribution >= 4 is 29.2 Å². The van der Waals surface area contributed by atoms with Gasteiger partial charge in [0.25, 0.3) is 0 Å². The molecule has 1 aromatic carbocycles. The van der Waals surface area contributed by atoms with Crippen LogP contribution in [-0.2, 0) is 19.1 Å². The molecule has 0 atom stereocenters. The number of nitrogens with zero attached hydrogens (tertiary/aromatic N) is 2. The summed E-state index contributed by atoms with van der Waals surface area (Å²) in [7, 11) is 2.45. The quantitative estimate of drug-likeness (QED) is 0.649. The molecule has 2 aromatic rings. The Morgan fingerprint density at radius 3 is 2.28 bits per heavy atom. The van der Waals surface area contributed by atoms with Gasteiger partial charge in [0.15, 0.2) is 0 Å². The number of hydrogen-bond acceptors (Lipinski definition) is 6. The number of methoxy groups -OCH3 is 2. The van der Waals surface area contributed by atoms with Crippen molar-refractivity contribution in [3.8, 4) is 5.69 Å². The highest BCUT2D eigenvalue weighted by Gasteiger charge is 2.14. The minimum atomic E-state index is -0.681. The van der Waals surface area contributed by atoms with Crippen molar-refractivity contribution in [3.63, 3.8) is 0 Å². The lowest BCUT2D eigenvalue weighted by molar-refractivity contribution is -0.138. The molecular formula is C17H18ClN3O4. The molecule has 8 heteroatoms. The van der Waals surface area contributed by atoms with Gasteiger partial charge in [-0.05, 0) is 38.1 Å². The Kier molecular flexibility index (Phi) is 5.82. The van der Waals surface area contributed by atoms with Gasteiger partial charge >= 0.3 is 11.9 Å². The summed E-state index contributed by atoms with van der Waals surface area (Å²) < 4.78 is 10.9. The Bertz CT molecular complexity index is 825. The highest BCUT2D eigenvalue weighted by Crippen LogP contribution is 2.23. The lowest BCUT2D eigenvalue weighted by Gasteiger charge is -2.10. The number of hydrogen-bond donors (Lipinski definition) is 1. The van der Waals surface area contributed by atoms with E-state index >= 15 is 0 Å². The molecule has 132 valence electrons. The fourth-order valence-electron chi connectivity index (χ4n) is 2.15. The molecule has 0 amide bonds. The summed E-state index contributed by atoms with van der Waals surface area (Å²) in [5, 5.41) is 7.84. The summed E-state index contributed by atoms with van der Waals surface area (Å²) >= 11 is 6.16. The first-order valence-corrected chi connectivity index (χ1v) is 7.72. The van der Waals surface area contributed by atoms with Gasteiger partial charge in [-0.2, -0.15) is 5.10 Å². The van der Waals surface area contributed by atoms with E-state index in [0.717, 1.165) is 23.2 Å². The van der Waals surface area contributed by atoms with Crippen LogP contribution in [0.15, 0.2) is 36.0 Å². The number of rotatable bonds is 5. The molecule has 0 bridgehead atoms. The van der Waals surface area contributed by atoms with E-state index in [1.807, 2.05) is 26.0 Å². The molecule has 0 fully saturated rings. The number of anilines is 1. The van der Waals surface area contributed by atoms with Gasteiger partial charge < -0.3 is 14.8 Å². The van der Waals surface area contributed by atoms with Crippen LogP contribution in [0.1, 0.15) is 11.4 Å². The van der Waals surface area contributed by atoms with Crippen molar-refractivity contribution in [2.24, 2.45) is 0 Å². The normalized spacial score (nSPS) is 11.2. The maximum absolute atomic E-state index is 11.8. The summed E-state index contributed by atoms with van der Waals surface area (Å²) in [6, 6.07) is 7.11. The molecular weight excluding hydrogens is 346 g/mol. The Morgan fingerprint density at radius 2 is 1.80 bits per heavy atom. The number of nitrogens with one attached hydrogen (secondary N) is 1. The van der Waals surface area contributed by atoms with Crippen LogP contribution < -0.4 is 5.32 Å². The van der Waals surface area contributed by atoms with Gasteiger partial charge in [0.05, 0.1) is 42.4 Å². The largest absolute Gasteiger partial charge is 0.466 e. The average molecular weight is 364 g/mol. The molecule has 7 nitrogen and oxygen atoms in total. The molecule has 0 saturated carbocycles. The molecule has 25 heavy (non-hydrogen) atoms. The average Bonchev–Trinajstić information content (AvgIpc) is 2.88. The lowest BCUT2D eigenvalue weighted by Crippen LogP contribution is -2.15. The Balaban J connectivity index is 2.26. The van der Waals surface area contributed by atoms with Crippen molar-refractivity contribution in [1.82, 2.24) is 9.78 Å². The molecule has 1 N–H and O–H groups in total. The minimum absolute atomic E-state index is 0.0312. The van der Waals surface area contributed by atoms with Crippen molar-refractivity contribution in [1.29, 1.82) is 0 Å². The number of aryl methyl sites for hydroxylation is 1. The zero-order valence-electron chi connectivity index (χ0n) is 14.3. The van der Waals surface area contributed by atoms with E-state index in [-0.39, 0.29) is 5.70 Å². The van der Waals surface area contributed by atoms with Crippen molar-refractivity contribution in [2.45, 2.75) is 13.8 Å². The molecule has 0 aliphatic rings. The second kappa shape index (κ2) is 7.85. The zero-order chi connectivity index (χ0) is 18.6. The van der Waals surface area contributed by atoms with Crippen LogP contribution >= 0.6 is 11.6 Å². The second-order valence-corrected chi connectivity index (χ2v) is 5.52. The van der Waals surface area contributed by atoms with Crippen LogP contribution in [0, 0.1) is 13.8 Å². The third-order valence-electron chi connectivity index (χ3n) is 3.46. The Hall–Kier alpha value is -2.80. The van der Waals surface area contributed by atoms with Crippen LogP contribution in [0.2, 0.25) is 5.02 Å². The number of benzene rings is 1. The standard InChI is InChI=1S/C17H18ClN3O4/c1-10-16(18)11(2)21(20-10)13-7-5-12(6-8-13)19-14(17(23)25-4)9-15(22)24-3/h5-9,19H,1-4H3/b14-9+. The van der Waals surface area contributed by atoms with Crippen LogP contribution in [0.25, 0.3) is 5.69 Å². The van der Waals surface area contributed by atoms with Gasteiger partial charge in [-0.1, -0.05) is 11.6 Å². The van der Waals surface area contributed by atoms with E-state index in [1.54, 1.807) is 16.8 Å². The third kappa shape index (κ3) is 4.19. The van der Waals surface area contributed by atoms with Crippen molar-refractivity contribution < 1.29 is 19.1 Å². The number of esters is 2.